The normalized spacial score (nSPS) is 52.9. The molecule has 0 radical (unpaired) electrons. The van der Waals surface area contributed by atoms with Crippen LogP contribution in [0.5, 0.6) is 0 Å². The average molecular weight is 667 g/mol. The van der Waals surface area contributed by atoms with Crippen LogP contribution in [0.1, 0.15) is 0 Å². The standard InChI is InChI=1S/C24H42O21/c25-1-5-10(30)14(34)20(21(38)39-5)45-24-17(37)19(12(32)8(4-28)42-24)44-23-16(36)18(11(31)7(3-27)41-23)43-22-15(35)13(33)9(29)6(2-26)40-22/h5-38H,1-4H2/t5-,6-,7-,8-,9-,10-,11-,12-,13+,14+,15+,16+,17+,18+,19+,20+,21+,22-,23-,24-/m1/s1. The summed E-state index contributed by atoms with van der Waals surface area (Å²) in [7, 11) is 0. The number of hydrogen-bond acceptors (Lipinski definition) is 21. The van der Waals surface area contributed by atoms with Crippen LogP contribution in [0.4, 0.5) is 0 Å². The molecule has 0 bridgehead atoms. The Bertz CT molecular complexity index is 916. The van der Waals surface area contributed by atoms with Crippen molar-refractivity contribution in [1.29, 1.82) is 0 Å². The van der Waals surface area contributed by atoms with Crippen molar-refractivity contribution in [2.24, 2.45) is 0 Å². The van der Waals surface area contributed by atoms with Crippen LogP contribution in [0.2, 0.25) is 0 Å². The van der Waals surface area contributed by atoms with E-state index in [1.165, 1.54) is 0 Å². The zero-order chi connectivity index (χ0) is 33.3. The Morgan fingerprint density at radius 2 is 0.667 bits per heavy atom. The number of hydrogen-bond donors (Lipinski definition) is 14. The van der Waals surface area contributed by atoms with Gasteiger partial charge in [0.15, 0.2) is 25.2 Å². The summed E-state index contributed by atoms with van der Waals surface area (Å²) in [5, 5.41) is 143. The molecule has 4 saturated heterocycles. The lowest BCUT2D eigenvalue weighted by Gasteiger charge is -2.49. The number of aliphatic hydroxyl groups excluding tert-OH is 14. The highest BCUT2D eigenvalue weighted by atomic mass is 16.8. The summed E-state index contributed by atoms with van der Waals surface area (Å²) in [6.07, 6.45) is -36.1. The molecule has 0 aliphatic carbocycles. The Morgan fingerprint density at radius 1 is 0.333 bits per heavy atom. The molecule has 4 heterocycles. The molecule has 264 valence electrons. The third-order valence-corrected chi connectivity index (χ3v) is 8.21. The fourth-order valence-electron chi connectivity index (χ4n) is 5.52. The van der Waals surface area contributed by atoms with E-state index in [1.807, 2.05) is 0 Å². The van der Waals surface area contributed by atoms with E-state index in [4.69, 9.17) is 33.2 Å². The summed E-state index contributed by atoms with van der Waals surface area (Å²) < 4.78 is 37.5. The summed E-state index contributed by atoms with van der Waals surface area (Å²) in [5.41, 5.74) is 0. The van der Waals surface area contributed by atoms with Gasteiger partial charge in [0.1, 0.15) is 97.7 Å². The minimum absolute atomic E-state index is 0.770. The van der Waals surface area contributed by atoms with Crippen LogP contribution in [0.15, 0.2) is 0 Å². The van der Waals surface area contributed by atoms with Gasteiger partial charge in [-0.2, -0.15) is 0 Å². The van der Waals surface area contributed by atoms with E-state index in [2.05, 4.69) is 0 Å². The van der Waals surface area contributed by atoms with Crippen LogP contribution < -0.4 is 0 Å². The Balaban J connectivity index is 1.52. The second-order valence-electron chi connectivity index (χ2n) is 11.1. The molecule has 21 nitrogen and oxygen atoms in total. The first-order valence-electron chi connectivity index (χ1n) is 14.1. The van der Waals surface area contributed by atoms with Gasteiger partial charge in [-0.3, -0.25) is 0 Å². The van der Waals surface area contributed by atoms with Gasteiger partial charge >= 0.3 is 0 Å². The molecule has 0 unspecified atom stereocenters. The SMILES string of the molecule is OC[C@H]1O[C@H](O[C@@H]2[C@H](O)[C@@H](O[C@@H]3[C@H](O)[C@@H](O[C@H]4[C@@H](O)[C@H](O)[C@@H](CO)O[C@@H]4O)O[C@H](CO)[C@H]3O)O[C@H](CO)[C@H]2O)[C@@H](O)[C@@H](O)[C@@H]1O. The molecule has 4 aliphatic rings. The lowest BCUT2D eigenvalue weighted by atomic mass is 9.95. The first-order chi connectivity index (χ1) is 21.3. The number of aliphatic hydroxyl groups is 14. The monoisotopic (exact) mass is 666 g/mol. The van der Waals surface area contributed by atoms with E-state index in [-0.39, 0.29) is 0 Å². The maximum absolute atomic E-state index is 11.0. The summed E-state index contributed by atoms with van der Waals surface area (Å²) in [4.78, 5) is 0. The number of ether oxygens (including phenoxy) is 7. The van der Waals surface area contributed by atoms with Crippen LogP contribution in [0.25, 0.3) is 0 Å². The van der Waals surface area contributed by atoms with Crippen LogP contribution in [-0.4, -0.2) is 221 Å². The maximum Gasteiger partial charge on any atom is 0.187 e. The largest absolute Gasteiger partial charge is 0.394 e. The van der Waals surface area contributed by atoms with E-state index in [9.17, 15) is 71.5 Å². The molecule has 14 N–H and O–H groups in total. The van der Waals surface area contributed by atoms with Gasteiger partial charge in [0.2, 0.25) is 0 Å². The first-order valence-corrected chi connectivity index (χ1v) is 14.1. The van der Waals surface area contributed by atoms with Crippen molar-refractivity contribution in [2.45, 2.75) is 123 Å². The number of rotatable bonds is 10. The van der Waals surface area contributed by atoms with Crippen molar-refractivity contribution in [2.75, 3.05) is 26.4 Å². The van der Waals surface area contributed by atoms with Crippen molar-refractivity contribution >= 4 is 0 Å². The highest BCUT2D eigenvalue weighted by Gasteiger charge is 2.55. The molecule has 4 aliphatic heterocycles. The molecular weight excluding hydrogens is 624 g/mol. The minimum Gasteiger partial charge on any atom is -0.394 e. The Hall–Kier alpha value is -0.840. The molecule has 0 aromatic carbocycles. The molecule has 45 heavy (non-hydrogen) atoms. The van der Waals surface area contributed by atoms with Gasteiger partial charge in [-0.05, 0) is 0 Å². The second kappa shape index (κ2) is 15.6. The predicted molar refractivity (Wildman–Crippen MR) is 134 cm³/mol. The Labute approximate surface area is 254 Å². The highest BCUT2D eigenvalue weighted by molar-refractivity contribution is 4.97. The molecule has 4 rings (SSSR count). The molecule has 0 amide bonds. The average Bonchev–Trinajstić information content (AvgIpc) is 3.02. The third-order valence-electron chi connectivity index (χ3n) is 8.21. The molecule has 21 heteroatoms. The highest BCUT2D eigenvalue weighted by Crippen LogP contribution is 2.34. The second-order valence-corrected chi connectivity index (χ2v) is 11.1. The predicted octanol–water partition coefficient (Wildman–Crippen LogP) is -9.75. The van der Waals surface area contributed by atoms with Gasteiger partial charge in [-0.25, -0.2) is 0 Å². The molecule has 20 atom stereocenters. The summed E-state index contributed by atoms with van der Waals surface area (Å²) >= 11 is 0. The van der Waals surface area contributed by atoms with E-state index < -0.39 is 149 Å². The van der Waals surface area contributed by atoms with Gasteiger partial charge in [-0.1, -0.05) is 0 Å². The molecule has 0 aromatic rings. The van der Waals surface area contributed by atoms with Crippen LogP contribution in [0.3, 0.4) is 0 Å². The smallest absolute Gasteiger partial charge is 0.187 e. The maximum atomic E-state index is 11.0. The van der Waals surface area contributed by atoms with E-state index in [0.717, 1.165) is 0 Å². The molecule has 0 spiro atoms. The van der Waals surface area contributed by atoms with Crippen LogP contribution >= 0.6 is 0 Å². The van der Waals surface area contributed by atoms with Gasteiger partial charge in [-0.15, -0.1) is 0 Å². The first kappa shape index (κ1) is 37.0. The van der Waals surface area contributed by atoms with Crippen molar-refractivity contribution in [3.05, 3.63) is 0 Å². The van der Waals surface area contributed by atoms with E-state index in [0.29, 0.717) is 0 Å². The van der Waals surface area contributed by atoms with Crippen molar-refractivity contribution in [3.8, 4) is 0 Å². The van der Waals surface area contributed by atoms with Crippen molar-refractivity contribution < 1.29 is 105 Å². The van der Waals surface area contributed by atoms with Gasteiger partial charge in [0.05, 0.1) is 26.4 Å². The Morgan fingerprint density at radius 3 is 1.09 bits per heavy atom. The van der Waals surface area contributed by atoms with Crippen molar-refractivity contribution in [1.82, 2.24) is 0 Å². The van der Waals surface area contributed by atoms with Gasteiger partial charge in [0, 0.05) is 0 Å². The van der Waals surface area contributed by atoms with Crippen LogP contribution in [0, 0.1) is 0 Å². The third kappa shape index (κ3) is 7.44. The van der Waals surface area contributed by atoms with Crippen LogP contribution in [-0.2, 0) is 33.2 Å². The zero-order valence-electron chi connectivity index (χ0n) is 23.5. The summed E-state index contributed by atoms with van der Waals surface area (Å²) in [6, 6.07) is 0. The van der Waals surface area contributed by atoms with Crippen molar-refractivity contribution in [3.63, 3.8) is 0 Å². The molecule has 0 aromatic heterocycles. The van der Waals surface area contributed by atoms with Gasteiger partial charge in [0.25, 0.3) is 0 Å². The zero-order valence-corrected chi connectivity index (χ0v) is 23.5. The fraction of sp³-hybridized carbons (Fsp3) is 1.00. The summed E-state index contributed by atoms with van der Waals surface area (Å²) in [6.45, 7) is -3.39. The lowest BCUT2D eigenvalue weighted by Crippen LogP contribution is -2.67. The topological polar surface area (TPSA) is 348 Å². The van der Waals surface area contributed by atoms with E-state index >= 15 is 0 Å². The molecular formula is C24H42O21. The minimum atomic E-state index is -2.05. The van der Waals surface area contributed by atoms with Gasteiger partial charge < -0.3 is 105 Å². The van der Waals surface area contributed by atoms with E-state index in [1.54, 1.807) is 0 Å². The molecule has 4 fully saturated rings. The Kier molecular flexibility index (Phi) is 12.8. The fourth-order valence-corrected chi connectivity index (χ4v) is 5.52. The summed E-state index contributed by atoms with van der Waals surface area (Å²) in [5.74, 6) is 0. The quantitative estimate of drug-likeness (QED) is 0.103. The lowest BCUT2D eigenvalue weighted by molar-refractivity contribution is -0.391. The molecule has 0 saturated carbocycles.